The van der Waals surface area contributed by atoms with E-state index in [1.165, 1.54) is 0 Å². The predicted molar refractivity (Wildman–Crippen MR) is 97.5 cm³/mol. The van der Waals surface area contributed by atoms with E-state index in [2.05, 4.69) is 24.3 Å². The van der Waals surface area contributed by atoms with Crippen LogP contribution in [0.5, 0.6) is 0 Å². The molecule has 2 N–H and O–H groups in total. The number of amides is 1. The first-order chi connectivity index (χ1) is 12.0. The Morgan fingerprint density at radius 1 is 1.36 bits per heavy atom. The summed E-state index contributed by atoms with van der Waals surface area (Å²) in [7, 11) is 0. The first-order valence-corrected chi connectivity index (χ1v) is 9.04. The van der Waals surface area contributed by atoms with E-state index in [1.807, 2.05) is 35.9 Å². The van der Waals surface area contributed by atoms with E-state index in [0.29, 0.717) is 17.4 Å². The van der Waals surface area contributed by atoms with Crippen molar-refractivity contribution in [1.29, 1.82) is 0 Å². The maximum absolute atomic E-state index is 12.6. The van der Waals surface area contributed by atoms with Crippen LogP contribution in [0.2, 0.25) is 0 Å². The Hall–Kier alpha value is -2.14. The molecule has 1 aromatic heterocycles. The minimum absolute atomic E-state index is 0.149. The molecule has 5 heteroatoms. The molecule has 1 atom stereocenters. The molecule has 1 saturated carbocycles. The molecular formula is C20H27N3O2. The van der Waals surface area contributed by atoms with Gasteiger partial charge in [-0.25, -0.2) is 0 Å². The molecule has 1 aromatic carbocycles. The largest absolute Gasteiger partial charge is 0.387 e. The summed E-state index contributed by atoms with van der Waals surface area (Å²) in [5, 5.41) is 17.7. The Balaban J connectivity index is 1.69. The number of aliphatic hydroxyl groups is 1. The molecule has 0 bridgehead atoms. The number of aryl methyl sites for hydroxylation is 1. The zero-order valence-corrected chi connectivity index (χ0v) is 15.2. The highest BCUT2D eigenvalue weighted by Gasteiger charge is 2.32. The van der Waals surface area contributed by atoms with Gasteiger partial charge in [0, 0.05) is 19.0 Å². The van der Waals surface area contributed by atoms with Gasteiger partial charge in [-0.3, -0.25) is 9.48 Å². The van der Waals surface area contributed by atoms with Crippen molar-refractivity contribution in [2.75, 3.05) is 6.54 Å². The van der Waals surface area contributed by atoms with Crippen LogP contribution in [0.15, 0.2) is 30.5 Å². The van der Waals surface area contributed by atoms with Gasteiger partial charge in [-0.2, -0.15) is 5.10 Å². The molecule has 1 unspecified atom stereocenters. The van der Waals surface area contributed by atoms with Gasteiger partial charge >= 0.3 is 0 Å². The lowest BCUT2D eigenvalue weighted by Gasteiger charge is -2.15. The lowest BCUT2D eigenvalue weighted by molar-refractivity contribution is 0.0914. The van der Waals surface area contributed by atoms with Crippen molar-refractivity contribution in [1.82, 2.24) is 15.1 Å². The van der Waals surface area contributed by atoms with Crippen LogP contribution in [0.3, 0.4) is 0 Å². The maximum atomic E-state index is 12.6. The third-order valence-electron chi connectivity index (χ3n) is 4.63. The van der Waals surface area contributed by atoms with E-state index in [4.69, 9.17) is 0 Å². The number of hydrogen-bond acceptors (Lipinski definition) is 3. The SMILES string of the molecule is Cc1ccccc1C(O)CNC(=O)c1cnn(CC(C)C)c1C1CC1. The fourth-order valence-corrected chi connectivity index (χ4v) is 3.20. The molecule has 3 rings (SSSR count). The summed E-state index contributed by atoms with van der Waals surface area (Å²) in [4.78, 5) is 12.6. The van der Waals surface area contributed by atoms with Crippen LogP contribution in [0.25, 0.3) is 0 Å². The number of aliphatic hydroxyl groups excluding tert-OH is 1. The summed E-state index contributed by atoms with van der Waals surface area (Å²) in [5.41, 5.74) is 3.57. The number of rotatable bonds is 7. The van der Waals surface area contributed by atoms with Crippen molar-refractivity contribution in [2.45, 2.75) is 52.2 Å². The molecule has 134 valence electrons. The van der Waals surface area contributed by atoms with Gasteiger partial charge in [0.2, 0.25) is 0 Å². The highest BCUT2D eigenvalue weighted by Crippen LogP contribution is 2.41. The fourth-order valence-electron chi connectivity index (χ4n) is 3.20. The Morgan fingerprint density at radius 2 is 2.08 bits per heavy atom. The zero-order chi connectivity index (χ0) is 18.0. The summed E-state index contributed by atoms with van der Waals surface area (Å²) in [6.45, 7) is 7.28. The summed E-state index contributed by atoms with van der Waals surface area (Å²) in [6, 6.07) is 7.69. The Labute approximate surface area is 149 Å². The predicted octanol–water partition coefficient (Wildman–Crippen LogP) is 3.19. The number of hydrogen-bond donors (Lipinski definition) is 2. The fraction of sp³-hybridized carbons (Fsp3) is 0.500. The summed E-state index contributed by atoms with van der Waals surface area (Å²) in [6.07, 6.45) is 3.21. The van der Waals surface area contributed by atoms with Crippen LogP contribution in [0.4, 0.5) is 0 Å². The van der Waals surface area contributed by atoms with Crippen molar-refractivity contribution in [2.24, 2.45) is 5.92 Å². The smallest absolute Gasteiger partial charge is 0.254 e. The van der Waals surface area contributed by atoms with Crippen LogP contribution in [-0.4, -0.2) is 27.3 Å². The summed E-state index contributed by atoms with van der Waals surface area (Å²) < 4.78 is 1.98. The van der Waals surface area contributed by atoms with Crippen LogP contribution in [-0.2, 0) is 6.54 Å². The zero-order valence-electron chi connectivity index (χ0n) is 15.2. The lowest BCUT2D eigenvalue weighted by Crippen LogP contribution is -2.29. The topological polar surface area (TPSA) is 67.2 Å². The molecular weight excluding hydrogens is 314 g/mol. The molecule has 5 nitrogen and oxygen atoms in total. The van der Waals surface area contributed by atoms with Crippen molar-refractivity contribution in [3.63, 3.8) is 0 Å². The summed E-state index contributed by atoms with van der Waals surface area (Å²) in [5.74, 6) is 0.782. The van der Waals surface area contributed by atoms with E-state index < -0.39 is 6.10 Å². The average Bonchev–Trinajstić information content (AvgIpc) is 3.33. The second kappa shape index (κ2) is 7.40. The van der Waals surface area contributed by atoms with Crippen molar-refractivity contribution >= 4 is 5.91 Å². The number of nitrogens with one attached hydrogen (secondary N) is 1. The van der Waals surface area contributed by atoms with Gasteiger partial charge in [-0.1, -0.05) is 38.1 Å². The van der Waals surface area contributed by atoms with Crippen LogP contribution in [0.1, 0.15) is 65.9 Å². The number of nitrogens with zero attached hydrogens (tertiary/aromatic N) is 2. The minimum atomic E-state index is -0.708. The quantitative estimate of drug-likeness (QED) is 0.813. The average molecular weight is 341 g/mol. The van der Waals surface area contributed by atoms with E-state index in [-0.39, 0.29) is 12.5 Å². The standard InChI is InChI=1S/C20H27N3O2/c1-13(2)12-23-19(15-8-9-15)17(10-22-23)20(25)21-11-18(24)16-7-5-4-6-14(16)3/h4-7,10,13,15,18,24H,8-9,11-12H2,1-3H3,(H,21,25). The highest BCUT2D eigenvalue weighted by atomic mass is 16.3. The third-order valence-corrected chi connectivity index (χ3v) is 4.63. The maximum Gasteiger partial charge on any atom is 0.254 e. The Bertz CT molecular complexity index is 747. The van der Waals surface area contributed by atoms with Gasteiger partial charge in [0.25, 0.3) is 5.91 Å². The number of carbonyl (C=O) groups is 1. The lowest BCUT2D eigenvalue weighted by atomic mass is 10.0. The molecule has 1 fully saturated rings. The minimum Gasteiger partial charge on any atom is -0.387 e. The Kier molecular flexibility index (Phi) is 5.23. The van der Waals surface area contributed by atoms with Crippen LogP contribution in [0, 0.1) is 12.8 Å². The van der Waals surface area contributed by atoms with E-state index in [9.17, 15) is 9.90 Å². The van der Waals surface area contributed by atoms with Gasteiger partial charge in [-0.15, -0.1) is 0 Å². The van der Waals surface area contributed by atoms with E-state index >= 15 is 0 Å². The van der Waals surface area contributed by atoms with Gasteiger partial charge in [-0.05, 0) is 36.8 Å². The molecule has 0 aliphatic heterocycles. The monoisotopic (exact) mass is 341 g/mol. The highest BCUT2D eigenvalue weighted by molar-refractivity contribution is 5.95. The van der Waals surface area contributed by atoms with Crippen molar-refractivity contribution in [3.8, 4) is 0 Å². The van der Waals surface area contributed by atoms with Crippen LogP contribution >= 0.6 is 0 Å². The van der Waals surface area contributed by atoms with Gasteiger partial charge in [0.15, 0.2) is 0 Å². The molecule has 0 saturated heterocycles. The number of carbonyl (C=O) groups excluding carboxylic acids is 1. The first kappa shape index (κ1) is 17.7. The second-order valence-electron chi connectivity index (χ2n) is 7.38. The number of benzene rings is 1. The van der Waals surface area contributed by atoms with Crippen molar-refractivity contribution in [3.05, 3.63) is 52.8 Å². The van der Waals surface area contributed by atoms with Gasteiger partial charge < -0.3 is 10.4 Å². The molecule has 1 heterocycles. The van der Waals surface area contributed by atoms with Gasteiger partial charge in [0.05, 0.1) is 23.6 Å². The van der Waals surface area contributed by atoms with Gasteiger partial charge in [0.1, 0.15) is 0 Å². The van der Waals surface area contributed by atoms with E-state index in [0.717, 1.165) is 36.2 Å². The summed E-state index contributed by atoms with van der Waals surface area (Å²) >= 11 is 0. The number of aromatic nitrogens is 2. The third kappa shape index (κ3) is 4.10. The first-order valence-electron chi connectivity index (χ1n) is 9.04. The normalized spacial score (nSPS) is 15.4. The molecule has 1 aliphatic carbocycles. The molecule has 0 radical (unpaired) electrons. The second-order valence-corrected chi connectivity index (χ2v) is 7.38. The molecule has 1 amide bonds. The Morgan fingerprint density at radius 3 is 2.72 bits per heavy atom. The van der Waals surface area contributed by atoms with Crippen molar-refractivity contribution < 1.29 is 9.90 Å². The molecule has 2 aromatic rings. The molecule has 1 aliphatic rings. The van der Waals surface area contributed by atoms with Crippen LogP contribution < -0.4 is 5.32 Å². The molecule has 25 heavy (non-hydrogen) atoms. The molecule has 0 spiro atoms. The van der Waals surface area contributed by atoms with E-state index in [1.54, 1.807) is 6.20 Å².